The smallest absolute Gasteiger partial charge is 0.0494 e. The van der Waals surface area contributed by atoms with Crippen molar-refractivity contribution in [2.45, 2.75) is 24.1 Å². The Hall–Kier alpha value is -0.490. The molecule has 0 saturated heterocycles. The second-order valence-electron chi connectivity index (χ2n) is 3.45. The second kappa shape index (κ2) is 2.25. The molecular weight excluding hydrogens is 156 g/mol. The second-order valence-corrected chi connectivity index (χ2v) is 4.31. The molecule has 0 N–H and O–H groups in total. The lowest BCUT2D eigenvalue weighted by atomic mass is 10.1. The summed E-state index contributed by atoms with van der Waals surface area (Å²) in [6, 6.07) is 10.5. The van der Waals surface area contributed by atoms with Gasteiger partial charge in [-0.1, -0.05) is 30.3 Å². The van der Waals surface area contributed by atoms with Crippen LogP contribution in [-0.4, -0.2) is 4.87 Å². The van der Waals surface area contributed by atoms with Gasteiger partial charge in [0.05, 0.1) is 0 Å². The Morgan fingerprint density at radius 3 is 2.36 bits per heavy atom. The number of halogens is 1. The van der Waals surface area contributed by atoms with E-state index in [1.807, 2.05) is 6.07 Å². The van der Waals surface area contributed by atoms with E-state index in [4.69, 9.17) is 11.6 Å². The standard InChI is InChI=1S/C10H11Cl/c1-10(11)7-9(10)8-5-3-2-4-6-8/h2-6,9H,7H2,1H3/t9-,10+/m1/s1. The van der Waals surface area contributed by atoms with Gasteiger partial charge in [-0.05, 0) is 18.9 Å². The molecule has 1 fully saturated rings. The first-order valence-electron chi connectivity index (χ1n) is 3.94. The highest BCUT2D eigenvalue weighted by atomic mass is 35.5. The SMILES string of the molecule is C[C@]1(Cl)C[C@@H]1c1ccccc1. The van der Waals surface area contributed by atoms with E-state index < -0.39 is 0 Å². The zero-order chi connectivity index (χ0) is 7.90. The van der Waals surface area contributed by atoms with Crippen molar-refractivity contribution in [2.75, 3.05) is 0 Å². The lowest BCUT2D eigenvalue weighted by Gasteiger charge is -1.99. The van der Waals surface area contributed by atoms with E-state index in [2.05, 4.69) is 31.2 Å². The van der Waals surface area contributed by atoms with Crippen LogP contribution >= 0.6 is 11.6 Å². The highest BCUT2D eigenvalue weighted by Crippen LogP contribution is 2.55. The number of hydrogen-bond donors (Lipinski definition) is 0. The predicted octanol–water partition coefficient (Wildman–Crippen LogP) is 3.17. The van der Waals surface area contributed by atoms with E-state index in [-0.39, 0.29) is 4.87 Å². The fourth-order valence-electron chi connectivity index (χ4n) is 1.49. The van der Waals surface area contributed by atoms with Gasteiger partial charge in [0.1, 0.15) is 0 Å². The Kier molecular flexibility index (Phi) is 1.47. The minimum Gasteiger partial charge on any atom is -0.119 e. The lowest BCUT2D eigenvalue weighted by molar-refractivity contribution is 0.958. The normalized spacial score (nSPS) is 35.3. The summed E-state index contributed by atoms with van der Waals surface area (Å²) in [5.74, 6) is 0.588. The van der Waals surface area contributed by atoms with E-state index in [0.29, 0.717) is 5.92 Å². The molecule has 0 unspecified atom stereocenters. The quantitative estimate of drug-likeness (QED) is 0.563. The molecule has 1 aliphatic carbocycles. The van der Waals surface area contributed by atoms with Crippen LogP contribution in [0.25, 0.3) is 0 Å². The third-order valence-corrected chi connectivity index (χ3v) is 2.79. The van der Waals surface area contributed by atoms with Crippen LogP contribution in [0.3, 0.4) is 0 Å². The van der Waals surface area contributed by atoms with Gasteiger partial charge in [0.15, 0.2) is 0 Å². The zero-order valence-corrected chi connectivity index (χ0v) is 7.31. The molecule has 0 nitrogen and oxygen atoms in total. The zero-order valence-electron chi connectivity index (χ0n) is 6.55. The third-order valence-electron chi connectivity index (χ3n) is 2.37. The highest BCUT2D eigenvalue weighted by molar-refractivity contribution is 6.26. The summed E-state index contributed by atoms with van der Waals surface area (Å²) in [4.78, 5) is 0.0430. The molecule has 1 aromatic carbocycles. The predicted molar refractivity (Wildman–Crippen MR) is 48.1 cm³/mol. The maximum atomic E-state index is 6.14. The summed E-state index contributed by atoms with van der Waals surface area (Å²) < 4.78 is 0. The molecule has 1 aliphatic rings. The van der Waals surface area contributed by atoms with Crippen molar-refractivity contribution in [3.8, 4) is 0 Å². The van der Waals surface area contributed by atoms with Crippen LogP contribution in [0.2, 0.25) is 0 Å². The molecule has 0 heterocycles. The number of alkyl halides is 1. The van der Waals surface area contributed by atoms with Gasteiger partial charge in [-0.15, -0.1) is 11.6 Å². The van der Waals surface area contributed by atoms with E-state index in [1.165, 1.54) is 5.56 Å². The van der Waals surface area contributed by atoms with Crippen molar-refractivity contribution in [1.29, 1.82) is 0 Å². The Morgan fingerprint density at radius 2 is 1.91 bits per heavy atom. The molecule has 1 saturated carbocycles. The molecule has 0 amide bonds. The average Bonchev–Trinajstić information content (AvgIpc) is 2.62. The van der Waals surface area contributed by atoms with Crippen LogP contribution in [0.5, 0.6) is 0 Å². The van der Waals surface area contributed by atoms with Gasteiger partial charge in [-0.2, -0.15) is 0 Å². The van der Waals surface area contributed by atoms with Crippen molar-refractivity contribution in [3.63, 3.8) is 0 Å². The summed E-state index contributed by atoms with van der Waals surface area (Å²) in [7, 11) is 0. The van der Waals surface area contributed by atoms with Gasteiger partial charge in [0, 0.05) is 10.8 Å². The molecule has 0 spiro atoms. The fourth-order valence-corrected chi connectivity index (χ4v) is 1.77. The summed E-state index contributed by atoms with van der Waals surface area (Å²) >= 11 is 6.14. The van der Waals surface area contributed by atoms with E-state index in [9.17, 15) is 0 Å². The molecule has 2 atom stereocenters. The highest BCUT2D eigenvalue weighted by Gasteiger charge is 2.49. The molecule has 0 aliphatic heterocycles. The van der Waals surface area contributed by atoms with Gasteiger partial charge < -0.3 is 0 Å². The fraction of sp³-hybridized carbons (Fsp3) is 0.400. The first-order chi connectivity index (χ1) is 5.20. The summed E-state index contributed by atoms with van der Waals surface area (Å²) in [5, 5.41) is 0. The minimum absolute atomic E-state index is 0.0430. The maximum absolute atomic E-state index is 6.14. The molecule has 0 radical (unpaired) electrons. The Balaban J connectivity index is 2.21. The van der Waals surface area contributed by atoms with E-state index in [1.54, 1.807) is 0 Å². The van der Waals surface area contributed by atoms with Gasteiger partial charge in [-0.25, -0.2) is 0 Å². The molecular formula is C10H11Cl. The largest absolute Gasteiger partial charge is 0.119 e. The summed E-state index contributed by atoms with van der Waals surface area (Å²) in [6.07, 6.45) is 1.12. The van der Waals surface area contributed by atoms with Gasteiger partial charge in [0.25, 0.3) is 0 Å². The van der Waals surface area contributed by atoms with Gasteiger partial charge >= 0.3 is 0 Å². The number of hydrogen-bond acceptors (Lipinski definition) is 0. The monoisotopic (exact) mass is 166 g/mol. The topological polar surface area (TPSA) is 0 Å². The van der Waals surface area contributed by atoms with E-state index in [0.717, 1.165) is 6.42 Å². The number of rotatable bonds is 1. The summed E-state index contributed by atoms with van der Waals surface area (Å²) in [6.45, 7) is 2.10. The first-order valence-corrected chi connectivity index (χ1v) is 4.32. The van der Waals surface area contributed by atoms with Crippen molar-refractivity contribution in [2.24, 2.45) is 0 Å². The van der Waals surface area contributed by atoms with Crippen molar-refractivity contribution < 1.29 is 0 Å². The van der Waals surface area contributed by atoms with Crippen molar-refractivity contribution >= 4 is 11.6 Å². The number of benzene rings is 1. The van der Waals surface area contributed by atoms with Crippen LogP contribution in [0, 0.1) is 0 Å². The van der Waals surface area contributed by atoms with Crippen LogP contribution in [0.15, 0.2) is 30.3 Å². The van der Waals surface area contributed by atoms with Crippen molar-refractivity contribution in [3.05, 3.63) is 35.9 Å². The van der Waals surface area contributed by atoms with Crippen LogP contribution < -0.4 is 0 Å². The van der Waals surface area contributed by atoms with Crippen LogP contribution in [0.4, 0.5) is 0 Å². The van der Waals surface area contributed by atoms with Gasteiger partial charge in [0.2, 0.25) is 0 Å². The third kappa shape index (κ3) is 1.28. The van der Waals surface area contributed by atoms with Crippen LogP contribution in [-0.2, 0) is 0 Å². The van der Waals surface area contributed by atoms with Gasteiger partial charge in [-0.3, -0.25) is 0 Å². The Labute approximate surface area is 72.2 Å². The average molecular weight is 167 g/mol. The molecule has 1 heteroatoms. The van der Waals surface area contributed by atoms with E-state index >= 15 is 0 Å². The molecule has 0 bridgehead atoms. The van der Waals surface area contributed by atoms with Crippen molar-refractivity contribution in [1.82, 2.24) is 0 Å². The van der Waals surface area contributed by atoms with Crippen LogP contribution in [0.1, 0.15) is 24.8 Å². The first kappa shape index (κ1) is 7.17. The molecule has 0 aromatic heterocycles. The summed E-state index contributed by atoms with van der Waals surface area (Å²) in [5.41, 5.74) is 1.38. The Bertz CT molecular complexity index is 251. The minimum atomic E-state index is 0.0430. The molecule has 2 rings (SSSR count). The lowest BCUT2D eigenvalue weighted by Crippen LogP contribution is -1.92. The molecule has 11 heavy (non-hydrogen) atoms. The molecule has 1 aromatic rings. The molecule has 58 valence electrons. The maximum Gasteiger partial charge on any atom is 0.0494 e. The Morgan fingerprint density at radius 1 is 1.36 bits per heavy atom.